The Balaban J connectivity index is 1.88. The number of hydrogen-bond acceptors (Lipinski definition) is 6. The van der Waals surface area contributed by atoms with E-state index in [1.54, 1.807) is 6.20 Å². The molecule has 30 heavy (non-hydrogen) atoms. The molecule has 0 aliphatic rings. The second-order valence-corrected chi connectivity index (χ2v) is 7.88. The molecule has 0 bridgehead atoms. The Labute approximate surface area is 177 Å². The number of ether oxygens (including phenoxy) is 1. The van der Waals surface area contributed by atoms with E-state index in [1.807, 2.05) is 34.9 Å². The molecule has 1 aromatic carbocycles. The maximum Gasteiger partial charge on any atom is 0.257 e. The van der Waals surface area contributed by atoms with Gasteiger partial charge in [-0.1, -0.05) is 45.4 Å². The number of pyridine rings is 1. The molecule has 2 aromatic heterocycles. The Morgan fingerprint density at radius 1 is 1.27 bits per heavy atom. The molecule has 3 rings (SSSR count). The minimum atomic E-state index is -0.0220. The molecule has 0 saturated carbocycles. The van der Waals surface area contributed by atoms with Gasteiger partial charge < -0.3 is 20.4 Å². The van der Waals surface area contributed by atoms with E-state index in [4.69, 9.17) is 10.5 Å². The van der Waals surface area contributed by atoms with Crippen LogP contribution in [-0.4, -0.2) is 21.1 Å². The van der Waals surface area contributed by atoms with Crippen LogP contribution in [0, 0.1) is 5.92 Å². The van der Waals surface area contributed by atoms with Gasteiger partial charge in [0.25, 0.3) is 5.56 Å². The topological polar surface area (TPSA) is 95.1 Å². The fourth-order valence-electron chi connectivity index (χ4n) is 3.26. The van der Waals surface area contributed by atoms with Crippen molar-refractivity contribution in [2.45, 2.75) is 53.2 Å². The normalized spacial score (nSPS) is 11.2. The number of nitrogens with one attached hydrogen (secondary N) is 1. The van der Waals surface area contributed by atoms with E-state index in [-0.39, 0.29) is 18.1 Å². The number of anilines is 2. The Morgan fingerprint density at radius 3 is 2.83 bits per heavy atom. The van der Waals surface area contributed by atoms with E-state index >= 15 is 0 Å². The van der Waals surface area contributed by atoms with Crippen LogP contribution in [-0.2, 0) is 13.2 Å². The smallest absolute Gasteiger partial charge is 0.257 e. The summed E-state index contributed by atoms with van der Waals surface area (Å²) in [7, 11) is 0. The number of nitrogen functional groups attached to an aromatic ring is 1. The summed E-state index contributed by atoms with van der Waals surface area (Å²) in [5, 5.41) is 4.26. The number of para-hydroxylation sites is 1. The monoisotopic (exact) mass is 409 g/mol. The second kappa shape index (κ2) is 10.1. The van der Waals surface area contributed by atoms with Crippen LogP contribution in [0.4, 0.5) is 11.8 Å². The van der Waals surface area contributed by atoms with Crippen LogP contribution in [0.15, 0.2) is 41.3 Å². The molecule has 3 aromatic rings. The number of aryl methyl sites for hydroxylation is 1. The lowest BCUT2D eigenvalue weighted by molar-refractivity contribution is 0.302. The number of hydrogen-bond donors (Lipinski definition) is 2. The number of unbranched alkanes of at least 4 members (excludes halogenated alkanes) is 1. The molecule has 2 heterocycles. The van der Waals surface area contributed by atoms with Gasteiger partial charge in [-0.2, -0.15) is 4.98 Å². The maximum atomic E-state index is 13.2. The van der Waals surface area contributed by atoms with E-state index in [0.717, 1.165) is 36.7 Å². The third kappa shape index (κ3) is 5.28. The van der Waals surface area contributed by atoms with Crippen LogP contribution < -0.4 is 21.3 Å². The molecule has 0 spiro atoms. The minimum Gasteiger partial charge on any atom is -0.483 e. The molecule has 0 radical (unpaired) electrons. The molecule has 7 nitrogen and oxygen atoms in total. The van der Waals surface area contributed by atoms with Gasteiger partial charge in [0, 0.05) is 13.1 Å². The highest BCUT2D eigenvalue weighted by molar-refractivity contribution is 5.79. The summed E-state index contributed by atoms with van der Waals surface area (Å²) in [6.45, 7) is 8.03. The van der Waals surface area contributed by atoms with Gasteiger partial charge in [0.2, 0.25) is 5.95 Å². The number of nitrogens with two attached hydrogens (primary N) is 1. The quantitative estimate of drug-likeness (QED) is 0.487. The Kier molecular flexibility index (Phi) is 7.27. The molecule has 3 N–H and O–H groups in total. The average Bonchev–Trinajstić information content (AvgIpc) is 2.72. The minimum absolute atomic E-state index is 0.0220. The van der Waals surface area contributed by atoms with Gasteiger partial charge in [-0.25, -0.2) is 4.98 Å². The average molecular weight is 410 g/mol. The predicted molar refractivity (Wildman–Crippen MR) is 122 cm³/mol. The molecule has 0 unspecified atom stereocenters. The van der Waals surface area contributed by atoms with Crippen LogP contribution in [0.5, 0.6) is 5.75 Å². The van der Waals surface area contributed by atoms with Crippen molar-refractivity contribution >= 4 is 22.7 Å². The lowest BCUT2D eigenvalue weighted by atomic mass is 10.1. The number of aromatic nitrogens is 3. The van der Waals surface area contributed by atoms with Crippen molar-refractivity contribution < 1.29 is 4.74 Å². The van der Waals surface area contributed by atoms with Crippen LogP contribution in [0.2, 0.25) is 0 Å². The highest BCUT2D eigenvalue weighted by Gasteiger charge is 2.13. The van der Waals surface area contributed by atoms with Gasteiger partial charge in [-0.3, -0.25) is 4.79 Å². The standard InChI is InChI=1S/C23H31N5O2/c1-4-5-11-25-21-20(14-26-23(24)27-21)30-15-18-13-17-8-6-7-9-19(17)28(22(18)29)12-10-16(2)3/h6-9,13-14,16H,4-5,10-12,15H2,1-3H3,(H3,24,25,26,27). The first-order valence-electron chi connectivity index (χ1n) is 10.6. The largest absolute Gasteiger partial charge is 0.483 e. The molecule has 7 heteroatoms. The summed E-state index contributed by atoms with van der Waals surface area (Å²) in [6.07, 6.45) is 4.56. The SMILES string of the molecule is CCCCNc1nc(N)ncc1OCc1cc2ccccc2n(CCC(C)C)c1=O. The van der Waals surface area contributed by atoms with Crippen molar-refractivity contribution in [1.29, 1.82) is 0 Å². The van der Waals surface area contributed by atoms with Gasteiger partial charge >= 0.3 is 0 Å². The number of nitrogens with zero attached hydrogens (tertiary/aromatic N) is 3. The van der Waals surface area contributed by atoms with Crippen molar-refractivity contribution in [2.24, 2.45) is 5.92 Å². The fourth-order valence-corrected chi connectivity index (χ4v) is 3.26. The highest BCUT2D eigenvalue weighted by Crippen LogP contribution is 2.23. The van der Waals surface area contributed by atoms with E-state index in [1.165, 1.54) is 0 Å². The van der Waals surface area contributed by atoms with Crippen LogP contribution in [0.3, 0.4) is 0 Å². The summed E-state index contributed by atoms with van der Waals surface area (Å²) in [6, 6.07) is 9.86. The molecule has 0 amide bonds. The molecule has 0 fully saturated rings. The Hall–Kier alpha value is -3.09. The van der Waals surface area contributed by atoms with Crippen molar-refractivity contribution in [3.8, 4) is 5.75 Å². The Bertz CT molecular complexity index is 1050. The van der Waals surface area contributed by atoms with Gasteiger partial charge in [0.05, 0.1) is 17.3 Å². The van der Waals surface area contributed by atoms with Gasteiger partial charge in [-0.05, 0) is 36.3 Å². The predicted octanol–water partition coefficient (Wildman–Crippen LogP) is 4.21. The number of benzene rings is 1. The summed E-state index contributed by atoms with van der Waals surface area (Å²) in [4.78, 5) is 21.5. The first kappa shape index (κ1) is 21.6. The first-order chi connectivity index (χ1) is 14.5. The zero-order valence-electron chi connectivity index (χ0n) is 18.0. The second-order valence-electron chi connectivity index (χ2n) is 7.88. The summed E-state index contributed by atoms with van der Waals surface area (Å²) in [5.41, 5.74) is 7.26. The van der Waals surface area contributed by atoms with Crippen molar-refractivity contribution in [3.05, 3.63) is 52.4 Å². The van der Waals surface area contributed by atoms with Gasteiger partial charge in [0.1, 0.15) is 6.61 Å². The first-order valence-corrected chi connectivity index (χ1v) is 10.6. The van der Waals surface area contributed by atoms with Crippen LogP contribution in [0.25, 0.3) is 10.9 Å². The molecular formula is C23H31N5O2. The number of rotatable bonds is 10. The lowest BCUT2D eigenvalue weighted by Crippen LogP contribution is -2.26. The van der Waals surface area contributed by atoms with Crippen molar-refractivity contribution in [3.63, 3.8) is 0 Å². The Morgan fingerprint density at radius 2 is 2.07 bits per heavy atom. The zero-order chi connectivity index (χ0) is 21.5. The molecular weight excluding hydrogens is 378 g/mol. The summed E-state index contributed by atoms with van der Waals surface area (Å²) in [5.74, 6) is 1.74. The molecule has 0 aliphatic heterocycles. The van der Waals surface area contributed by atoms with E-state index in [9.17, 15) is 4.79 Å². The van der Waals surface area contributed by atoms with Crippen LogP contribution >= 0.6 is 0 Å². The zero-order valence-corrected chi connectivity index (χ0v) is 18.0. The third-order valence-corrected chi connectivity index (χ3v) is 4.99. The van der Waals surface area contributed by atoms with Crippen molar-refractivity contribution in [1.82, 2.24) is 14.5 Å². The fraction of sp³-hybridized carbons (Fsp3) is 0.435. The molecule has 0 atom stereocenters. The summed E-state index contributed by atoms with van der Waals surface area (Å²) < 4.78 is 7.82. The van der Waals surface area contributed by atoms with E-state index < -0.39 is 0 Å². The molecule has 0 saturated heterocycles. The van der Waals surface area contributed by atoms with Gasteiger partial charge in [-0.15, -0.1) is 0 Å². The highest BCUT2D eigenvalue weighted by atomic mass is 16.5. The number of fused-ring (bicyclic) bond motifs is 1. The third-order valence-electron chi connectivity index (χ3n) is 4.99. The van der Waals surface area contributed by atoms with Crippen molar-refractivity contribution in [2.75, 3.05) is 17.6 Å². The summed E-state index contributed by atoms with van der Waals surface area (Å²) >= 11 is 0. The lowest BCUT2D eigenvalue weighted by Gasteiger charge is -2.15. The maximum absolute atomic E-state index is 13.2. The molecule has 0 aliphatic carbocycles. The van der Waals surface area contributed by atoms with Gasteiger partial charge in [0.15, 0.2) is 11.6 Å². The molecule has 160 valence electrons. The van der Waals surface area contributed by atoms with E-state index in [0.29, 0.717) is 29.6 Å². The van der Waals surface area contributed by atoms with E-state index in [2.05, 4.69) is 36.1 Å². The van der Waals surface area contributed by atoms with Crippen LogP contribution in [0.1, 0.15) is 45.6 Å².